The summed E-state index contributed by atoms with van der Waals surface area (Å²) in [6.45, 7) is 0. The number of hydrogen-bond acceptors (Lipinski definition) is 4. The Morgan fingerprint density at radius 3 is 2.39 bits per heavy atom. The monoisotopic (exact) mass is 255 g/mol. The van der Waals surface area contributed by atoms with Gasteiger partial charge in [0, 0.05) is 7.05 Å². The number of hydrazone groups is 1. The van der Waals surface area contributed by atoms with E-state index in [1.807, 2.05) is 30.3 Å². The van der Waals surface area contributed by atoms with Gasteiger partial charge in [0.05, 0.1) is 13.3 Å². The number of benzene rings is 1. The van der Waals surface area contributed by atoms with Crippen LogP contribution in [0, 0.1) is 10.3 Å². The first kappa shape index (κ1) is 15.4. The highest BCUT2D eigenvalue weighted by Gasteiger charge is 1.98. The summed E-state index contributed by atoms with van der Waals surface area (Å²) in [6.07, 6.45) is 1.67. The van der Waals surface area contributed by atoms with Gasteiger partial charge in [-0.3, -0.25) is 0 Å². The minimum absolute atomic E-state index is 0.0113. The van der Waals surface area contributed by atoms with E-state index in [0.717, 1.165) is 5.56 Å². The molecule has 98 valence electrons. The van der Waals surface area contributed by atoms with Crippen molar-refractivity contribution in [3.63, 3.8) is 0 Å². The van der Waals surface area contributed by atoms with Gasteiger partial charge in [-0.2, -0.15) is 5.10 Å². The molecule has 0 atom stereocenters. The minimum atomic E-state index is -1.25. The second-order valence-corrected chi connectivity index (χ2v) is 2.94. The molecule has 0 aromatic heterocycles. The maximum atomic E-state index is 8.47. The van der Waals surface area contributed by atoms with Gasteiger partial charge < -0.3 is 4.74 Å². The number of nitrogens with one attached hydrogen (secondary N) is 1. The normalized spacial score (nSPS) is 9.22. The van der Waals surface area contributed by atoms with Crippen LogP contribution in [0.1, 0.15) is 5.56 Å². The van der Waals surface area contributed by atoms with Crippen molar-refractivity contribution < 1.29 is 20.2 Å². The SMILES string of the molecule is COC(=N)N(C)/N=C/c1ccccc1.O=[N+](O)O. The van der Waals surface area contributed by atoms with Gasteiger partial charge >= 0.3 is 11.1 Å². The van der Waals surface area contributed by atoms with E-state index in [1.54, 1.807) is 13.3 Å². The van der Waals surface area contributed by atoms with Gasteiger partial charge in [-0.05, 0) is 5.56 Å². The number of hydrogen-bond donors (Lipinski definition) is 3. The molecule has 0 aliphatic rings. The maximum Gasteiger partial charge on any atom is 0.472 e. The predicted octanol–water partition coefficient (Wildman–Crippen LogP) is 1.08. The molecule has 0 fully saturated rings. The van der Waals surface area contributed by atoms with Crippen molar-refractivity contribution >= 4 is 12.2 Å². The lowest BCUT2D eigenvalue weighted by Crippen LogP contribution is -2.21. The summed E-state index contributed by atoms with van der Waals surface area (Å²) in [7, 11) is 3.10. The van der Waals surface area contributed by atoms with E-state index in [9.17, 15) is 0 Å². The molecule has 0 unspecified atom stereocenters. The Morgan fingerprint density at radius 2 is 1.94 bits per heavy atom. The third-order valence-electron chi connectivity index (χ3n) is 1.67. The number of rotatable bonds is 2. The van der Waals surface area contributed by atoms with Crippen molar-refractivity contribution in [2.24, 2.45) is 5.10 Å². The Morgan fingerprint density at radius 1 is 1.44 bits per heavy atom. The van der Waals surface area contributed by atoms with Crippen LogP contribution >= 0.6 is 0 Å². The standard InChI is InChI=1S/C10H13N3O.H2NO3/c1-13(10(11)14-2)12-8-9-6-4-3-5-7-9;2-1(3)4/h3-8,11H,1-2H3;(H2,2,3,4)/q;+1/b11-10?,12-8+;. The summed E-state index contributed by atoms with van der Waals surface area (Å²) in [5, 5.41) is 25.2. The number of amidine groups is 1. The van der Waals surface area contributed by atoms with E-state index >= 15 is 0 Å². The Hall–Kier alpha value is -2.64. The molecule has 0 bridgehead atoms. The van der Waals surface area contributed by atoms with E-state index in [-0.39, 0.29) is 6.02 Å². The van der Waals surface area contributed by atoms with E-state index in [4.69, 9.17) is 25.5 Å². The molecule has 0 heterocycles. The van der Waals surface area contributed by atoms with Crippen molar-refractivity contribution in [2.75, 3.05) is 14.2 Å². The zero-order valence-electron chi connectivity index (χ0n) is 10.0. The third-order valence-corrected chi connectivity index (χ3v) is 1.67. The summed E-state index contributed by atoms with van der Waals surface area (Å²) in [4.78, 5) is 8.47. The Labute approximate surface area is 104 Å². The first-order valence-corrected chi connectivity index (χ1v) is 4.77. The lowest BCUT2D eigenvalue weighted by atomic mass is 10.2. The fourth-order valence-corrected chi connectivity index (χ4v) is 0.877. The highest BCUT2D eigenvalue weighted by molar-refractivity contribution is 5.80. The van der Waals surface area contributed by atoms with E-state index < -0.39 is 5.09 Å². The number of methoxy groups -OCH3 is 1. The molecule has 0 spiro atoms. The van der Waals surface area contributed by atoms with Crippen LogP contribution < -0.4 is 0 Å². The van der Waals surface area contributed by atoms with Crippen molar-refractivity contribution in [3.8, 4) is 0 Å². The second-order valence-electron chi connectivity index (χ2n) is 2.94. The van der Waals surface area contributed by atoms with Crippen molar-refractivity contribution in [3.05, 3.63) is 40.8 Å². The summed E-state index contributed by atoms with van der Waals surface area (Å²) >= 11 is 0. The van der Waals surface area contributed by atoms with Gasteiger partial charge in [-0.15, -0.1) is 0 Å². The predicted molar refractivity (Wildman–Crippen MR) is 63.7 cm³/mol. The highest BCUT2D eigenvalue weighted by atomic mass is 16.9. The Bertz CT molecular complexity index is 404. The van der Waals surface area contributed by atoms with Gasteiger partial charge in [0.15, 0.2) is 0 Å². The zero-order chi connectivity index (χ0) is 14.0. The lowest BCUT2D eigenvalue weighted by Gasteiger charge is -2.10. The van der Waals surface area contributed by atoms with Crippen LogP contribution in [0.5, 0.6) is 0 Å². The molecule has 0 radical (unpaired) electrons. The molecule has 1 aromatic carbocycles. The summed E-state index contributed by atoms with van der Waals surface area (Å²) in [6, 6.07) is 9.70. The molecule has 8 heteroatoms. The summed E-state index contributed by atoms with van der Waals surface area (Å²) in [5.41, 5.74) is 0.989. The van der Waals surface area contributed by atoms with Gasteiger partial charge in [0.2, 0.25) is 0 Å². The largest absolute Gasteiger partial charge is 0.472 e. The molecular weight excluding hydrogens is 240 g/mol. The minimum Gasteiger partial charge on any atom is -0.467 e. The van der Waals surface area contributed by atoms with Crippen LogP contribution in [0.2, 0.25) is 0 Å². The molecule has 0 aliphatic heterocycles. The van der Waals surface area contributed by atoms with E-state index in [0.29, 0.717) is 0 Å². The van der Waals surface area contributed by atoms with Crippen LogP contribution in [0.25, 0.3) is 0 Å². The smallest absolute Gasteiger partial charge is 0.467 e. The van der Waals surface area contributed by atoms with Crippen LogP contribution in [-0.2, 0) is 4.74 Å². The molecule has 1 aromatic rings. The summed E-state index contributed by atoms with van der Waals surface area (Å²) in [5.74, 6) is 0. The maximum absolute atomic E-state index is 8.47. The van der Waals surface area contributed by atoms with Gasteiger partial charge in [-0.1, -0.05) is 30.3 Å². The molecule has 0 aliphatic carbocycles. The fourth-order valence-electron chi connectivity index (χ4n) is 0.877. The molecule has 18 heavy (non-hydrogen) atoms. The summed E-state index contributed by atoms with van der Waals surface area (Å²) < 4.78 is 4.70. The quantitative estimate of drug-likeness (QED) is 0.416. The van der Waals surface area contributed by atoms with Crippen molar-refractivity contribution in [1.29, 1.82) is 5.41 Å². The second kappa shape index (κ2) is 8.50. The van der Waals surface area contributed by atoms with Gasteiger partial charge in [0.25, 0.3) is 0 Å². The molecule has 3 N–H and O–H groups in total. The topological polar surface area (TPSA) is 109 Å². The van der Waals surface area contributed by atoms with Crippen LogP contribution in [0.15, 0.2) is 35.4 Å². The highest BCUT2D eigenvalue weighted by Crippen LogP contribution is 1.95. The van der Waals surface area contributed by atoms with Crippen molar-refractivity contribution in [1.82, 2.24) is 5.01 Å². The van der Waals surface area contributed by atoms with Gasteiger partial charge in [0.1, 0.15) is 4.91 Å². The third kappa shape index (κ3) is 7.63. The Kier molecular flexibility index (Phi) is 7.26. The van der Waals surface area contributed by atoms with Gasteiger partial charge in [-0.25, -0.2) is 20.8 Å². The van der Waals surface area contributed by atoms with E-state index in [2.05, 4.69) is 5.10 Å². The molecule has 1 rings (SSSR count). The fraction of sp³-hybridized carbons (Fsp3) is 0.200. The molecule has 8 nitrogen and oxygen atoms in total. The average molecular weight is 255 g/mol. The van der Waals surface area contributed by atoms with E-state index in [1.165, 1.54) is 12.1 Å². The Balaban J connectivity index is 0.000000631. The zero-order valence-corrected chi connectivity index (χ0v) is 10.0. The molecular formula is C10H15N4O4+. The lowest BCUT2D eigenvalue weighted by molar-refractivity contribution is -0.969. The number of ether oxygens (including phenoxy) is 1. The molecule has 0 amide bonds. The first-order chi connectivity index (χ1) is 8.47. The molecule has 0 saturated carbocycles. The van der Waals surface area contributed by atoms with Crippen molar-refractivity contribution in [2.45, 2.75) is 0 Å². The van der Waals surface area contributed by atoms with Crippen LogP contribution in [0.3, 0.4) is 0 Å². The average Bonchev–Trinajstić information content (AvgIpc) is 2.35. The first-order valence-electron chi connectivity index (χ1n) is 4.77. The van der Waals surface area contributed by atoms with Crippen LogP contribution in [-0.4, -0.2) is 46.9 Å². The molecule has 0 saturated heterocycles. The number of nitrogens with zero attached hydrogens (tertiary/aromatic N) is 3. The van der Waals surface area contributed by atoms with Crippen LogP contribution in [0.4, 0.5) is 0 Å².